The van der Waals surface area contributed by atoms with Crippen molar-refractivity contribution < 1.29 is 0 Å². The van der Waals surface area contributed by atoms with Gasteiger partial charge in [-0.25, -0.2) is 0 Å². The zero-order valence-corrected chi connectivity index (χ0v) is 13.7. The van der Waals surface area contributed by atoms with Crippen LogP contribution in [0.3, 0.4) is 0 Å². The molecular formula is C17H23N3S. The van der Waals surface area contributed by atoms with Crippen LogP contribution in [0.25, 0.3) is 0 Å². The Hall–Kier alpha value is -1.52. The van der Waals surface area contributed by atoms with Gasteiger partial charge in [0.05, 0.1) is 17.4 Å². The highest BCUT2D eigenvalue weighted by Gasteiger charge is 2.31. The van der Waals surface area contributed by atoms with Gasteiger partial charge < -0.3 is 15.5 Å². The molecule has 2 heterocycles. The van der Waals surface area contributed by atoms with Crippen molar-refractivity contribution in [1.82, 2.24) is 0 Å². The maximum atomic E-state index is 6.37. The number of benzene rings is 1. The second-order valence-electron chi connectivity index (χ2n) is 5.88. The van der Waals surface area contributed by atoms with E-state index in [2.05, 4.69) is 66.4 Å². The van der Waals surface area contributed by atoms with Crippen LogP contribution < -0.4 is 15.5 Å². The summed E-state index contributed by atoms with van der Waals surface area (Å²) in [7, 11) is 2.16. The lowest BCUT2D eigenvalue weighted by Gasteiger charge is -2.43. The lowest BCUT2D eigenvalue weighted by molar-refractivity contribution is 0.528. The molecule has 0 aliphatic carbocycles. The summed E-state index contributed by atoms with van der Waals surface area (Å²) in [6.45, 7) is 6.34. The number of nitrogens with two attached hydrogens (primary N) is 1. The molecule has 2 unspecified atom stereocenters. The van der Waals surface area contributed by atoms with Crippen molar-refractivity contribution in [3.8, 4) is 0 Å². The Kier molecular flexibility index (Phi) is 3.91. The molecule has 2 N–H and O–H groups in total. The smallest absolute Gasteiger partial charge is 0.0787 e. The highest BCUT2D eigenvalue weighted by molar-refractivity contribution is 7.10. The first-order chi connectivity index (χ1) is 10.1. The number of rotatable bonds is 3. The minimum Gasteiger partial charge on any atom is -0.371 e. The summed E-state index contributed by atoms with van der Waals surface area (Å²) in [5.74, 6) is 0. The Labute approximate surface area is 131 Å². The molecule has 1 aromatic carbocycles. The number of nitrogens with zero attached hydrogens (tertiary/aromatic N) is 2. The highest BCUT2D eigenvalue weighted by atomic mass is 32.1. The van der Waals surface area contributed by atoms with E-state index in [4.69, 9.17) is 5.73 Å². The minimum absolute atomic E-state index is 0.0961. The number of likely N-dealkylation sites (N-methyl/N-ethyl adjacent to an activating group) is 1. The van der Waals surface area contributed by atoms with Gasteiger partial charge in [0.25, 0.3) is 0 Å². The van der Waals surface area contributed by atoms with Gasteiger partial charge in [-0.05, 0) is 43.0 Å². The Morgan fingerprint density at radius 1 is 1.14 bits per heavy atom. The minimum atomic E-state index is 0.0961. The third kappa shape index (κ3) is 2.54. The molecule has 1 aliphatic heterocycles. The van der Waals surface area contributed by atoms with Gasteiger partial charge in [0.2, 0.25) is 0 Å². The molecule has 0 spiro atoms. The molecule has 0 fully saturated rings. The maximum Gasteiger partial charge on any atom is 0.0787 e. The third-order valence-electron chi connectivity index (χ3n) is 4.28. The van der Waals surface area contributed by atoms with Gasteiger partial charge in [-0.1, -0.05) is 12.1 Å². The zero-order valence-electron chi connectivity index (χ0n) is 12.9. The van der Waals surface area contributed by atoms with Gasteiger partial charge in [0, 0.05) is 31.1 Å². The molecule has 0 bridgehead atoms. The van der Waals surface area contributed by atoms with Gasteiger partial charge in [-0.2, -0.15) is 0 Å². The van der Waals surface area contributed by atoms with Crippen molar-refractivity contribution in [1.29, 1.82) is 0 Å². The van der Waals surface area contributed by atoms with Gasteiger partial charge in [0.1, 0.15) is 0 Å². The number of hydrogen-bond donors (Lipinski definition) is 1. The van der Waals surface area contributed by atoms with Crippen LogP contribution in [0.15, 0.2) is 35.7 Å². The second-order valence-corrected chi connectivity index (χ2v) is 6.82. The van der Waals surface area contributed by atoms with Crippen LogP contribution in [0.2, 0.25) is 0 Å². The lowest BCUT2D eigenvalue weighted by Crippen LogP contribution is -2.46. The van der Waals surface area contributed by atoms with E-state index in [1.54, 1.807) is 0 Å². The Morgan fingerprint density at radius 3 is 2.48 bits per heavy atom. The monoisotopic (exact) mass is 301 g/mol. The molecule has 4 heteroatoms. The summed E-state index contributed by atoms with van der Waals surface area (Å²) < 4.78 is 0. The van der Waals surface area contributed by atoms with Gasteiger partial charge >= 0.3 is 0 Å². The fourth-order valence-corrected chi connectivity index (χ4v) is 4.32. The van der Waals surface area contributed by atoms with Crippen molar-refractivity contribution >= 4 is 22.7 Å². The summed E-state index contributed by atoms with van der Waals surface area (Å²) in [6, 6.07) is 11.2. The molecular weight excluding hydrogens is 278 g/mol. The van der Waals surface area contributed by atoms with Crippen molar-refractivity contribution in [2.24, 2.45) is 5.73 Å². The Morgan fingerprint density at radius 2 is 1.86 bits per heavy atom. The standard InChI is InChI=1S/C17H23N3S/c1-12-8-11-21-17(12)16(13(2)18)20-10-9-19(3)14-6-4-5-7-15(14)20/h4-8,11,13,16H,9-10,18H2,1-3H3. The molecule has 1 aromatic heterocycles. The van der Waals surface area contributed by atoms with Crippen LogP contribution >= 0.6 is 11.3 Å². The molecule has 112 valence electrons. The van der Waals surface area contributed by atoms with E-state index in [1.165, 1.54) is 21.8 Å². The molecule has 0 saturated carbocycles. The largest absolute Gasteiger partial charge is 0.371 e. The van der Waals surface area contributed by atoms with E-state index in [0.29, 0.717) is 0 Å². The van der Waals surface area contributed by atoms with Crippen LogP contribution in [0.1, 0.15) is 23.4 Å². The van der Waals surface area contributed by atoms with Gasteiger partial charge in [0.15, 0.2) is 0 Å². The van der Waals surface area contributed by atoms with Gasteiger partial charge in [-0.15, -0.1) is 11.3 Å². The summed E-state index contributed by atoms with van der Waals surface area (Å²) in [4.78, 5) is 6.20. The van der Waals surface area contributed by atoms with Crippen LogP contribution in [0, 0.1) is 6.92 Å². The molecule has 0 radical (unpaired) electrons. The molecule has 0 amide bonds. The predicted octanol–water partition coefficient (Wildman–Crippen LogP) is 3.40. The molecule has 21 heavy (non-hydrogen) atoms. The number of anilines is 2. The number of para-hydroxylation sites is 2. The van der Waals surface area contributed by atoms with E-state index in [1.807, 2.05) is 11.3 Å². The van der Waals surface area contributed by atoms with E-state index in [-0.39, 0.29) is 12.1 Å². The fourth-order valence-electron chi connectivity index (χ4n) is 3.17. The number of thiophene rings is 1. The van der Waals surface area contributed by atoms with Crippen LogP contribution in [-0.2, 0) is 0 Å². The first kappa shape index (κ1) is 14.4. The quantitative estimate of drug-likeness (QED) is 0.943. The van der Waals surface area contributed by atoms with Crippen molar-refractivity contribution in [3.63, 3.8) is 0 Å². The van der Waals surface area contributed by atoms with E-state index in [0.717, 1.165) is 13.1 Å². The number of fused-ring (bicyclic) bond motifs is 1. The molecule has 2 aromatic rings. The van der Waals surface area contributed by atoms with Crippen LogP contribution in [0.4, 0.5) is 11.4 Å². The highest BCUT2D eigenvalue weighted by Crippen LogP contribution is 2.40. The third-order valence-corrected chi connectivity index (χ3v) is 5.37. The molecule has 0 saturated heterocycles. The van der Waals surface area contributed by atoms with Crippen LogP contribution in [0.5, 0.6) is 0 Å². The van der Waals surface area contributed by atoms with Crippen molar-refractivity contribution in [2.75, 3.05) is 29.9 Å². The molecule has 2 atom stereocenters. The average molecular weight is 301 g/mol. The van der Waals surface area contributed by atoms with Crippen molar-refractivity contribution in [2.45, 2.75) is 25.9 Å². The van der Waals surface area contributed by atoms with Crippen molar-refractivity contribution in [3.05, 3.63) is 46.2 Å². The fraction of sp³-hybridized carbons (Fsp3) is 0.412. The number of aryl methyl sites for hydroxylation is 1. The Balaban J connectivity index is 2.06. The molecule has 3 nitrogen and oxygen atoms in total. The summed E-state index contributed by atoms with van der Waals surface area (Å²) in [6.07, 6.45) is 0. The summed E-state index contributed by atoms with van der Waals surface area (Å²) >= 11 is 1.82. The zero-order chi connectivity index (χ0) is 15.0. The summed E-state index contributed by atoms with van der Waals surface area (Å²) in [5.41, 5.74) is 10.3. The Bertz CT molecular complexity index is 620. The predicted molar refractivity (Wildman–Crippen MR) is 92.5 cm³/mol. The first-order valence-electron chi connectivity index (χ1n) is 7.46. The van der Waals surface area contributed by atoms with E-state index >= 15 is 0 Å². The maximum absolute atomic E-state index is 6.37. The van der Waals surface area contributed by atoms with Crippen LogP contribution in [-0.4, -0.2) is 26.2 Å². The topological polar surface area (TPSA) is 32.5 Å². The molecule has 3 rings (SSSR count). The average Bonchev–Trinajstić information content (AvgIpc) is 2.88. The van der Waals surface area contributed by atoms with Gasteiger partial charge in [-0.3, -0.25) is 0 Å². The molecule has 1 aliphatic rings. The SMILES string of the molecule is Cc1ccsc1C(C(C)N)N1CCN(C)c2ccccc21. The van der Waals surface area contributed by atoms with E-state index < -0.39 is 0 Å². The number of hydrogen-bond acceptors (Lipinski definition) is 4. The second kappa shape index (κ2) is 5.70. The first-order valence-corrected chi connectivity index (χ1v) is 8.34. The lowest BCUT2D eigenvalue weighted by atomic mass is 10.0. The van der Waals surface area contributed by atoms with E-state index in [9.17, 15) is 0 Å². The normalized spacial score (nSPS) is 17.5. The summed E-state index contributed by atoms with van der Waals surface area (Å²) in [5, 5.41) is 2.17.